The first-order valence-electron chi connectivity index (χ1n) is 6.50. The van der Waals surface area contributed by atoms with Crippen molar-refractivity contribution in [1.29, 1.82) is 0 Å². The van der Waals surface area contributed by atoms with Crippen LogP contribution in [0.5, 0.6) is 0 Å². The van der Waals surface area contributed by atoms with Crippen LogP contribution in [0.3, 0.4) is 0 Å². The van der Waals surface area contributed by atoms with Gasteiger partial charge < -0.3 is 4.90 Å². The molecule has 0 aromatic heterocycles. The number of carbonyl (C=O) groups excluding carboxylic acids is 1. The van der Waals surface area contributed by atoms with Crippen molar-refractivity contribution in [2.24, 2.45) is 5.92 Å². The SMILES string of the molecule is CSC(C)C(=O)N1C(C)CC2CCCCC21. The van der Waals surface area contributed by atoms with Gasteiger partial charge in [-0.2, -0.15) is 11.8 Å². The fourth-order valence-corrected chi connectivity index (χ4v) is 3.72. The van der Waals surface area contributed by atoms with Crippen LogP contribution < -0.4 is 0 Å². The molecule has 0 N–H and O–H groups in total. The summed E-state index contributed by atoms with van der Waals surface area (Å²) in [6, 6.07) is 1.03. The normalized spacial score (nSPS) is 35.9. The van der Waals surface area contributed by atoms with Crippen molar-refractivity contribution >= 4 is 17.7 Å². The van der Waals surface area contributed by atoms with Gasteiger partial charge in [0.05, 0.1) is 5.25 Å². The lowest BCUT2D eigenvalue weighted by Gasteiger charge is -2.34. The molecule has 0 spiro atoms. The third-order valence-electron chi connectivity index (χ3n) is 4.30. The van der Waals surface area contributed by atoms with Gasteiger partial charge in [0.2, 0.25) is 5.91 Å². The first kappa shape index (κ1) is 12.3. The zero-order valence-corrected chi connectivity index (χ0v) is 11.4. The maximum absolute atomic E-state index is 12.3. The Kier molecular flexibility index (Phi) is 3.83. The van der Waals surface area contributed by atoms with Gasteiger partial charge in [0, 0.05) is 12.1 Å². The van der Waals surface area contributed by atoms with Gasteiger partial charge in [-0.3, -0.25) is 4.79 Å². The molecule has 1 aliphatic heterocycles. The molecule has 2 fully saturated rings. The van der Waals surface area contributed by atoms with Gasteiger partial charge in [-0.05, 0) is 45.3 Å². The molecule has 2 nitrogen and oxygen atoms in total. The van der Waals surface area contributed by atoms with E-state index in [2.05, 4.69) is 11.8 Å². The van der Waals surface area contributed by atoms with E-state index in [9.17, 15) is 4.79 Å². The Bertz CT molecular complexity index is 269. The van der Waals surface area contributed by atoms with E-state index in [1.54, 1.807) is 11.8 Å². The van der Waals surface area contributed by atoms with Crippen LogP contribution in [-0.2, 0) is 4.79 Å². The number of likely N-dealkylation sites (tertiary alicyclic amines) is 1. The predicted octanol–water partition coefficient (Wildman–Crippen LogP) is 2.92. The highest BCUT2D eigenvalue weighted by Gasteiger charge is 2.43. The van der Waals surface area contributed by atoms with E-state index < -0.39 is 0 Å². The lowest BCUT2D eigenvalue weighted by molar-refractivity contribution is -0.133. The Morgan fingerprint density at radius 3 is 2.75 bits per heavy atom. The lowest BCUT2D eigenvalue weighted by atomic mass is 9.85. The van der Waals surface area contributed by atoms with E-state index in [1.807, 2.05) is 13.2 Å². The van der Waals surface area contributed by atoms with Crippen LogP contribution in [0.25, 0.3) is 0 Å². The summed E-state index contributed by atoms with van der Waals surface area (Å²) in [7, 11) is 0. The Morgan fingerprint density at radius 1 is 1.38 bits per heavy atom. The molecule has 0 aromatic rings. The Morgan fingerprint density at radius 2 is 2.06 bits per heavy atom. The van der Waals surface area contributed by atoms with E-state index in [1.165, 1.54) is 32.1 Å². The number of hydrogen-bond donors (Lipinski definition) is 0. The summed E-state index contributed by atoms with van der Waals surface area (Å²) in [6.45, 7) is 4.26. The smallest absolute Gasteiger partial charge is 0.235 e. The van der Waals surface area contributed by atoms with Crippen LogP contribution in [0.1, 0.15) is 46.0 Å². The second kappa shape index (κ2) is 4.99. The average molecular weight is 241 g/mol. The van der Waals surface area contributed by atoms with Crippen LogP contribution in [0.15, 0.2) is 0 Å². The van der Waals surface area contributed by atoms with Gasteiger partial charge in [-0.1, -0.05) is 12.8 Å². The Labute approximate surface area is 103 Å². The third kappa shape index (κ3) is 2.11. The second-order valence-electron chi connectivity index (χ2n) is 5.32. The highest BCUT2D eigenvalue weighted by Crippen LogP contribution is 2.40. The highest BCUT2D eigenvalue weighted by molar-refractivity contribution is 7.99. The van der Waals surface area contributed by atoms with Crippen molar-refractivity contribution < 1.29 is 4.79 Å². The lowest BCUT2D eigenvalue weighted by Crippen LogP contribution is -2.45. The molecular formula is C13H23NOS. The minimum Gasteiger partial charge on any atom is -0.336 e. The second-order valence-corrected chi connectivity index (χ2v) is 6.50. The third-order valence-corrected chi connectivity index (χ3v) is 5.21. The van der Waals surface area contributed by atoms with Crippen LogP contribution in [0, 0.1) is 5.92 Å². The van der Waals surface area contributed by atoms with E-state index in [-0.39, 0.29) is 5.25 Å². The largest absolute Gasteiger partial charge is 0.336 e. The maximum Gasteiger partial charge on any atom is 0.235 e. The van der Waals surface area contributed by atoms with Crippen molar-refractivity contribution in [3.8, 4) is 0 Å². The zero-order chi connectivity index (χ0) is 11.7. The maximum atomic E-state index is 12.3. The van der Waals surface area contributed by atoms with Gasteiger partial charge in [0.25, 0.3) is 0 Å². The minimum atomic E-state index is 0.128. The zero-order valence-electron chi connectivity index (χ0n) is 10.6. The molecule has 4 atom stereocenters. The van der Waals surface area contributed by atoms with E-state index in [4.69, 9.17) is 0 Å². The molecule has 1 saturated carbocycles. The van der Waals surface area contributed by atoms with Gasteiger partial charge in [-0.15, -0.1) is 0 Å². The number of thioether (sulfide) groups is 1. The molecule has 0 bridgehead atoms. The van der Waals surface area contributed by atoms with Gasteiger partial charge in [0.15, 0.2) is 0 Å². The summed E-state index contributed by atoms with van der Waals surface area (Å²) >= 11 is 1.67. The van der Waals surface area contributed by atoms with Gasteiger partial charge in [0.1, 0.15) is 0 Å². The molecule has 1 aliphatic carbocycles. The Balaban J connectivity index is 2.10. The fraction of sp³-hybridized carbons (Fsp3) is 0.923. The monoisotopic (exact) mass is 241 g/mol. The summed E-state index contributed by atoms with van der Waals surface area (Å²) in [5, 5.41) is 0.128. The molecule has 1 heterocycles. The van der Waals surface area contributed by atoms with E-state index in [0.29, 0.717) is 18.0 Å². The molecule has 0 radical (unpaired) electrons. The minimum absolute atomic E-state index is 0.128. The van der Waals surface area contributed by atoms with Crippen LogP contribution in [0.2, 0.25) is 0 Å². The van der Waals surface area contributed by atoms with Crippen LogP contribution >= 0.6 is 11.8 Å². The van der Waals surface area contributed by atoms with Crippen molar-refractivity contribution in [1.82, 2.24) is 4.90 Å². The summed E-state index contributed by atoms with van der Waals surface area (Å²) in [4.78, 5) is 14.6. The summed E-state index contributed by atoms with van der Waals surface area (Å²) in [5.74, 6) is 1.16. The number of rotatable bonds is 2. The summed E-state index contributed by atoms with van der Waals surface area (Å²) in [5.41, 5.74) is 0. The molecule has 92 valence electrons. The highest BCUT2D eigenvalue weighted by atomic mass is 32.2. The van der Waals surface area contributed by atoms with Crippen molar-refractivity contribution in [2.75, 3.05) is 6.26 Å². The molecule has 1 saturated heterocycles. The molecule has 1 amide bonds. The molecule has 2 aliphatic rings. The number of hydrogen-bond acceptors (Lipinski definition) is 2. The van der Waals surface area contributed by atoms with Gasteiger partial charge >= 0.3 is 0 Å². The molecule has 3 heteroatoms. The molecule has 16 heavy (non-hydrogen) atoms. The van der Waals surface area contributed by atoms with E-state index in [0.717, 1.165) is 5.92 Å². The first-order chi connectivity index (χ1) is 7.65. The topological polar surface area (TPSA) is 20.3 Å². The van der Waals surface area contributed by atoms with E-state index >= 15 is 0 Å². The van der Waals surface area contributed by atoms with Crippen LogP contribution in [0.4, 0.5) is 0 Å². The molecular weight excluding hydrogens is 218 g/mol. The standard InChI is InChI=1S/C13H23NOS/c1-9-8-11-6-4-5-7-12(11)14(9)13(15)10(2)16-3/h9-12H,4-8H2,1-3H3. The summed E-state index contributed by atoms with van der Waals surface area (Å²) < 4.78 is 0. The molecule has 0 aromatic carbocycles. The number of fused-ring (bicyclic) bond motifs is 1. The number of nitrogens with zero attached hydrogens (tertiary/aromatic N) is 1. The van der Waals surface area contributed by atoms with Crippen molar-refractivity contribution in [3.05, 3.63) is 0 Å². The number of amides is 1. The summed E-state index contributed by atoms with van der Waals surface area (Å²) in [6.07, 6.45) is 8.52. The van der Waals surface area contributed by atoms with Gasteiger partial charge in [-0.25, -0.2) is 0 Å². The molecule has 4 unspecified atom stereocenters. The fourth-order valence-electron chi connectivity index (χ4n) is 3.40. The van der Waals surface area contributed by atoms with Crippen molar-refractivity contribution in [2.45, 2.75) is 63.3 Å². The van der Waals surface area contributed by atoms with Crippen LogP contribution in [-0.4, -0.2) is 34.4 Å². The first-order valence-corrected chi connectivity index (χ1v) is 7.79. The molecule has 2 rings (SSSR count). The van der Waals surface area contributed by atoms with Crippen molar-refractivity contribution in [3.63, 3.8) is 0 Å². The average Bonchev–Trinajstić information content (AvgIpc) is 2.63. The quantitative estimate of drug-likeness (QED) is 0.741. The number of carbonyl (C=O) groups is 1. The predicted molar refractivity (Wildman–Crippen MR) is 69.6 cm³/mol. The Hall–Kier alpha value is -0.180.